The smallest absolute Gasteiger partial charge is 0.251 e. The monoisotopic (exact) mass is 428 g/mol. The molecule has 0 aliphatic carbocycles. The number of fused-ring (bicyclic) bond motifs is 1. The molecule has 1 N–H and O–H groups in total. The quantitative estimate of drug-likeness (QED) is 0.537. The summed E-state index contributed by atoms with van der Waals surface area (Å²) in [5, 5.41) is 4.10. The van der Waals surface area contributed by atoms with Gasteiger partial charge in [-0.2, -0.15) is 0 Å². The van der Waals surface area contributed by atoms with Gasteiger partial charge in [-0.1, -0.05) is 18.2 Å². The van der Waals surface area contributed by atoms with Crippen LogP contribution >= 0.6 is 0 Å². The van der Waals surface area contributed by atoms with Crippen LogP contribution in [0.15, 0.2) is 76.3 Å². The highest BCUT2D eigenvalue weighted by Gasteiger charge is 2.22. The number of amides is 1. The first-order valence-electron chi connectivity index (χ1n) is 10.7. The summed E-state index contributed by atoms with van der Waals surface area (Å²) >= 11 is 0. The SMILES string of the molecule is Cn1c(N2CCC(NC(=O)c3ccc(-c4nccc5occc45)cc3)CC2)cccc1=O. The van der Waals surface area contributed by atoms with Crippen molar-refractivity contribution < 1.29 is 9.21 Å². The van der Waals surface area contributed by atoms with Crippen molar-refractivity contribution in [1.82, 2.24) is 14.9 Å². The lowest BCUT2D eigenvalue weighted by Crippen LogP contribution is -2.45. The number of hydrogen-bond acceptors (Lipinski definition) is 5. The molecule has 1 aliphatic heterocycles. The molecule has 1 fully saturated rings. The first kappa shape index (κ1) is 20.1. The first-order chi connectivity index (χ1) is 15.6. The zero-order valence-electron chi connectivity index (χ0n) is 17.8. The molecule has 0 unspecified atom stereocenters. The van der Waals surface area contributed by atoms with E-state index in [1.54, 1.807) is 36.2 Å². The number of pyridine rings is 2. The second-order valence-corrected chi connectivity index (χ2v) is 8.09. The van der Waals surface area contributed by atoms with Gasteiger partial charge < -0.3 is 14.6 Å². The van der Waals surface area contributed by atoms with E-state index in [9.17, 15) is 9.59 Å². The minimum Gasteiger partial charge on any atom is -0.464 e. The number of carbonyl (C=O) groups excluding carboxylic acids is 1. The Morgan fingerprint density at radius 2 is 1.84 bits per heavy atom. The minimum absolute atomic E-state index is 0.0134. The lowest BCUT2D eigenvalue weighted by molar-refractivity contribution is 0.0931. The lowest BCUT2D eigenvalue weighted by Gasteiger charge is -2.34. The predicted octanol–water partition coefficient (Wildman–Crippen LogP) is 3.59. The molecule has 32 heavy (non-hydrogen) atoms. The van der Waals surface area contributed by atoms with Gasteiger partial charge in [-0.25, -0.2) is 0 Å². The van der Waals surface area contributed by atoms with Crippen LogP contribution in [0.25, 0.3) is 22.2 Å². The molecule has 3 aromatic heterocycles. The number of nitrogens with one attached hydrogen (secondary N) is 1. The highest BCUT2D eigenvalue weighted by atomic mass is 16.3. The van der Waals surface area contributed by atoms with Gasteiger partial charge in [0.1, 0.15) is 11.4 Å². The Balaban J connectivity index is 1.23. The van der Waals surface area contributed by atoms with E-state index in [1.165, 1.54) is 0 Å². The molecular weight excluding hydrogens is 404 g/mol. The fraction of sp³-hybridized carbons (Fsp3) is 0.240. The van der Waals surface area contributed by atoms with Crippen LogP contribution in [0.5, 0.6) is 0 Å². The Bertz CT molecular complexity index is 1320. The number of anilines is 1. The van der Waals surface area contributed by atoms with Crippen molar-refractivity contribution in [3.8, 4) is 11.3 Å². The molecule has 1 aliphatic rings. The van der Waals surface area contributed by atoms with Crippen molar-refractivity contribution in [2.45, 2.75) is 18.9 Å². The van der Waals surface area contributed by atoms with Crippen LogP contribution in [0.2, 0.25) is 0 Å². The number of rotatable bonds is 4. The normalized spacial score (nSPS) is 14.6. The van der Waals surface area contributed by atoms with Crippen LogP contribution in [0.3, 0.4) is 0 Å². The van der Waals surface area contributed by atoms with E-state index < -0.39 is 0 Å². The molecule has 4 aromatic rings. The summed E-state index contributed by atoms with van der Waals surface area (Å²) in [6.07, 6.45) is 5.04. The van der Waals surface area contributed by atoms with Crippen molar-refractivity contribution >= 4 is 22.7 Å². The average Bonchev–Trinajstić information content (AvgIpc) is 3.31. The molecule has 5 rings (SSSR count). The van der Waals surface area contributed by atoms with E-state index in [-0.39, 0.29) is 17.5 Å². The van der Waals surface area contributed by atoms with Crippen LogP contribution in [-0.2, 0) is 7.05 Å². The zero-order chi connectivity index (χ0) is 22.1. The summed E-state index contributed by atoms with van der Waals surface area (Å²) in [5.74, 6) is 0.843. The first-order valence-corrected chi connectivity index (χ1v) is 10.7. The van der Waals surface area contributed by atoms with Gasteiger partial charge in [0, 0.05) is 55.0 Å². The third kappa shape index (κ3) is 3.77. The van der Waals surface area contributed by atoms with Crippen molar-refractivity contribution in [3.63, 3.8) is 0 Å². The molecule has 1 amide bonds. The van der Waals surface area contributed by atoms with E-state index in [2.05, 4.69) is 15.2 Å². The fourth-order valence-electron chi connectivity index (χ4n) is 4.30. The highest BCUT2D eigenvalue weighted by Crippen LogP contribution is 2.27. The largest absolute Gasteiger partial charge is 0.464 e. The predicted molar refractivity (Wildman–Crippen MR) is 124 cm³/mol. The van der Waals surface area contributed by atoms with Crippen LogP contribution in [-0.4, -0.2) is 34.6 Å². The molecule has 162 valence electrons. The summed E-state index contributed by atoms with van der Waals surface area (Å²) in [6.45, 7) is 1.59. The van der Waals surface area contributed by atoms with Gasteiger partial charge in [0.05, 0.1) is 12.0 Å². The fourth-order valence-corrected chi connectivity index (χ4v) is 4.30. The van der Waals surface area contributed by atoms with Gasteiger partial charge in [-0.15, -0.1) is 0 Å². The van der Waals surface area contributed by atoms with Gasteiger partial charge in [0.15, 0.2) is 0 Å². The topological polar surface area (TPSA) is 80.4 Å². The van der Waals surface area contributed by atoms with Crippen LogP contribution in [0.4, 0.5) is 5.82 Å². The number of benzene rings is 1. The van der Waals surface area contributed by atoms with Crippen molar-refractivity contribution in [1.29, 1.82) is 0 Å². The molecule has 0 atom stereocenters. The van der Waals surface area contributed by atoms with Gasteiger partial charge in [0.25, 0.3) is 11.5 Å². The molecule has 0 bridgehead atoms. The van der Waals surface area contributed by atoms with E-state index in [1.807, 2.05) is 42.5 Å². The maximum atomic E-state index is 12.8. The zero-order valence-corrected chi connectivity index (χ0v) is 17.8. The van der Waals surface area contributed by atoms with Crippen molar-refractivity contribution in [2.75, 3.05) is 18.0 Å². The Labute approximate surface area is 185 Å². The molecule has 7 heteroatoms. The second-order valence-electron chi connectivity index (χ2n) is 8.09. The number of carbonyl (C=O) groups is 1. The van der Waals surface area contributed by atoms with E-state index in [4.69, 9.17) is 4.42 Å². The Morgan fingerprint density at radius 3 is 2.62 bits per heavy atom. The lowest BCUT2D eigenvalue weighted by atomic mass is 10.0. The van der Waals surface area contributed by atoms with Gasteiger partial charge in [-0.3, -0.25) is 19.1 Å². The second kappa shape index (κ2) is 8.34. The van der Waals surface area contributed by atoms with E-state index in [0.717, 1.165) is 54.0 Å². The molecule has 7 nitrogen and oxygen atoms in total. The Kier molecular flexibility index (Phi) is 5.23. The van der Waals surface area contributed by atoms with E-state index in [0.29, 0.717) is 5.56 Å². The van der Waals surface area contributed by atoms with Crippen LogP contribution in [0.1, 0.15) is 23.2 Å². The van der Waals surface area contributed by atoms with Gasteiger partial charge in [-0.05, 0) is 43.2 Å². The summed E-state index contributed by atoms with van der Waals surface area (Å²) in [5.41, 5.74) is 3.18. The average molecular weight is 428 g/mol. The summed E-state index contributed by atoms with van der Waals surface area (Å²) in [4.78, 5) is 31.3. The van der Waals surface area contributed by atoms with Crippen LogP contribution < -0.4 is 15.8 Å². The molecule has 0 radical (unpaired) electrons. The van der Waals surface area contributed by atoms with Crippen molar-refractivity contribution in [2.24, 2.45) is 7.05 Å². The van der Waals surface area contributed by atoms with Crippen molar-refractivity contribution in [3.05, 3.63) is 83.0 Å². The third-order valence-corrected chi connectivity index (χ3v) is 6.11. The van der Waals surface area contributed by atoms with E-state index >= 15 is 0 Å². The standard InChI is InChI=1S/C25H24N4O3/c1-28-22(3-2-4-23(28)30)29-14-10-19(11-15-29)27-25(31)18-7-5-17(6-8-18)24-20-12-16-32-21(20)9-13-26-24/h2-9,12-13,16,19H,10-11,14-15H2,1H3,(H,27,31). The summed E-state index contributed by atoms with van der Waals surface area (Å²) in [7, 11) is 1.79. The maximum absolute atomic E-state index is 12.8. The van der Waals surface area contributed by atoms with Gasteiger partial charge in [0.2, 0.25) is 0 Å². The molecule has 1 saturated heterocycles. The number of hydrogen-bond donors (Lipinski definition) is 1. The number of furan rings is 1. The third-order valence-electron chi connectivity index (χ3n) is 6.11. The molecular formula is C25H24N4O3. The van der Waals surface area contributed by atoms with Crippen LogP contribution in [0, 0.1) is 0 Å². The highest BCUT2D eigenvalue weighted by molar-refractivity contribution is 5.96. The molecule has 0 spiro atoms. The maximum Gasteiger partial charge on any atom is 0.251 e. The summed E-state index contributed by atoms with van der Waals surface area (Å²) in [6, 6.07) is 16.7. The number of piperidine rings is 1. The summed E-state index contributed by atoms with van der Waals surface area (Å²) < 4.78 is 7.12. The Morgan fingerprint density at radius 1 is 1.06 bits per heavy atom. The molecule has 0 saturated carbocycles. The molecule has 1 aromatic carbocycles. The Hall–Kier alpha value is -3.87. The minimum atomic E-state index is -0.0726. The van der Waals surface area contributed by atoms with Gasteiger partial charge >= 0.3 is 0 Å². The number of aromatic nitrogens is 2. The number of nitrogens with zero attached hydrogens (tertiary/aromatic N) is 3. The molecule has 4 heterocycles.